The second-order valence-electron chi connectivity index (χ2n) is 6.96. The van der Waals surface area contributed by atoms with Crippen molar-refractivity contribution in [3.8, 4) is 0 Å². The van der Waals surface area contributed by atoms with Gasteiger partial charge >= 0.3 is 0 Å². The van der Waals surface area contributed by atoms with Crippen molar-refractivity contribution in [1.29, 1.82) is 0 Å². The number of nitrogens with zero attached hydrogens (tertiary/aromatic N) is 1. The third-order valence-corrected chi connectivity index (χ3v) is 5.63. The normalized spacial score (nSPS) is 16.6. The van der Waals surface area contributed by atoms with Gasteiger partial charge in [0.2, 0.25) is 0 Å². The number of halogens is 2. The molecule has 0 bridgehead atoms. The maximum Gasteiger partial charge on any atom is 0.289 e. The van der Waals surface area contributed by atoms with Gasteiger partial charge in [-0.1, -0.05) is 77.8 Å². The number of hydrogen-bond donors (Lipinski definition) is 1. The van der Waals surface area contributed by atoms with E-state index in [1.165, 1.54) is 0 Å². The van der Waals surface area contributed by atoms with Crippen molar-refractivity contribution in [1.82, 2.24) is 4.90 Å². The summed E-state index contributed by atoms with van der Waals surface area (Å²) in [6.07, 6.45) is 0.692. The van der Waals surface area contributed by atoms with Crippen molar-refractivity contribution in [3.05, 3.63) is 111 Å². The first-order chi connectivity index (χ1) is 14.0. The van der Waals surface area contributed by atoms with Gasteiger partial charge in [0.25, 0.3) is 5.91 Å². The lowest BCUT2D eigenvalue weighted by molar-refractivity contribution is -0.129. The molecule has 3 aromatic rings. The Morgan fingerprint density at radius 1 is 0.828 bits per heavy atom. The molecular weight excluding hydrogens is 405 g/mol. The van der Waals surface area contributed by atoms with E-state index < -0.39 is 6.04 Å². The molecule has 0 radical (unpaired) electrons. The predicted molar refractivity (Wildman–Crippen MR) is 117 cm³/mol. The number of rotatable bonds is 5. The van der Waals surface area contributed by atoms with Gasteiger partial charge in [-0.3, -0.25) is 4.79 Å². The SMILES string of the molecule is O=C1C(O)=C(c2ccc(Cl)cc2)[C@H](c2ccc(Cl)cc2)N1CCc1ccccc1. The van der Waals surface area contributed by atoms with Gasteiger partial charge in [-0.2, -0.15) is 0 Å². The number of hydrogen-bond acceptors (Lipinski definition) is 2. The molecule has 0 saturated heterocycles. The molecule has 4 rings (SSSR count). The van der Waals surface area contributed by atoms with Crippen molar-refractivity contribution >= 4 is 34.7 Å². The van der Waals surface area contributed by atoms with Crippen molar-refractivity contribution in [2.24, 2.45) is 0 Å². The molecule has 0 saturated carbocycles. The molecular formula is C24H19Cl2NO2. The average molecular weight is 424 g/mol. The third kappa shape index (κ3) is 4.02. The fraction of sp³-hybridized carbons (Fsp3) is 0.125. The molecule has 0 unspecified atom stereocenters. The van der Waals surface area contributed by atoms with E-state index in [-0.39, 0.29) is 11.7 Å². The fourth-order valence-corrected chi connectivity index (χ4v) is 3.95. The number of carbonyl (C=O) groups excluding carboxylic acids is 1. The topological polar surface area (TPSA) is 40.5 Å². The number of amides is 1. The zero-order valence-corrected chi connectivity index (χ0v) is 17.1. The maximum absolute atomic E-state index is 13.0. The number of carbonyl (C=O) groups is 1. The highest BCUT2D eigenvalue weighted by molar-refractivity contribution is 6.30. The molecule has 0 fully saturated rings. The first-order valence-corrected chi connectivity index (χ1v) is 10.1. The van der Waals surface area contributed by atoms with Crippen molar-refractivity contribution < 1.29 is 9.90 Å². The summed E-state index contributed by atoms with van der Waals surface area (Å²) in [5.41, 5.74) is 3.38. The molecule has 0 spiro atoms. The summed E-state index contributed by atoms with van der Waals surface area (Å²) in [6, 6.07) is 24.1. The molecule has 1 aliphatic rings. The van der Waals surface area contributed by atoms with Crippen LogP contribution in [-0.4, -0.2) is 22.5 Å². The van der Waals surface area contributed by atoms with Crippen LogP contribution in [0.1, 0.15) is 22.7 Å². The molecule has 3 nitrogen and oxygen atoms in total. The molecule has 1 heterocycles. The van der Waals surface area contributed by atoms with Gasteiger partial charge in [-0.25, -0.2) is 0 Å². The van der Waals surface area contributed by atoms with E-state index in [9.17, 15) is 9.90 Å². The van der Waals surface area contributed by atoms with Crippen molar-refractivity contribution in [2.75, 3.05) is 6.54 Å². The van der Waals surface area contributed by atoms with E-state index >= 15 is 0 Å². The van der Waals surface area contributed by atoms with Gasteiger partial charge in [-0.15, -0.1) is 0 Å². The van der Waals surface area contributed by atoms with Gasteiger partial charge in [0.15, 0.2) is 5.76 Å². The molecule has 1 N–H and O–H groups in total. The Labute approximate surface area is 179 Å². The highest BCUT2D eigenvalue weighted by Gasteiger charge is 2.40. The Bertz CT molecular complexity index is 1040. The Kier molecular flexibility index (Phi) is 5.61. The number of aliphatic hydroxyl groups excluding tert-OH is 1. The first kappa shape index (κ1) is 19.6. The molecule has 1 atom stereocenters. The molecule has 146 valence electrons. The van der Waals surface area contributed by atoms with E-state index in [4.69, 9.17) is 23.2 Å². The molecule has 0 aromatic heterocycles. The highest BCUT2D eigenvalue weighted by atomic mass is 35.5. The van der Waals surface area contributed by atoms with Gasteiger partial charge in [0.1, 0.15) is 0 Å². The van der Waals surface area contributed by atoms with Crippen LogP contribution >= 0.6 is 23.2 Å². The van der Waals surface area contributed by atoms with E-state index in [0.29, 0.717) is 28.6 Å². The quantitative estimate of drug-likeness (QED) is 0.539. The summed E-state index contributed by atoms with van der Waals surface area (Å²) in [6.45, 7) is 0.483. The van der Waals surface area contributed by atoms with Gasteiger partial charge in [-0.05, 0) is 47.4 Å². The lowest BCUT2D eigenvalue weighted by Gasteiger charge is -2.27. The Hall–Kier alpha value is -2.75. The van der Waals surface area contributed by atoms with Crippen LogP contribution in [0.4, 0.5) is 0 Å². The van der Waals surface area contributed by atoms with Crippen LogP contribution in [0.15, 0.2) is 84.6 Å². The van der Waals surface area contributed by atoms with Crippen LogP contribution in [0.2, 0.25) is 10.0 Å². The van der Waals surface area contributed by atoms with Crippen molar-refractivity contribution in [3.63, 3.8) is 0 Å². The van der Waals surface area contributed by atoms with Gasteiger partial charge in [0.05, 0.1) is 6.04 Å². The zero-order chi connectivity index (χ0) is 20.4. The van der Waals surface area contributed by atoms with Crippen LogP contribution < -0.4 is 0 Å². The number of benzene rings is 3. The summed E-state index contributed by atoms with van der Waals surface area (Å²) in [7, 11) is 0. The second-order valence-corrected chi connectivity index (χ2v) is 7.83. The predicted octanol–water partition coefficient (Wildman–Crippen LogP) is 6.09. The van der Waals surface area contributed by atoms with Crippen LogP contribution in [0, 0.1) is 0 Å². The average Bonchev–Trinajstić information content (AvgIpc) is 2.99. The largest absolute Gasteiger partial charge is 0.503 e. The fourth-order valence-electron chi connectivity index (χ4n) is 3.69. The van der Waals surface area contributed by atoms with Crippen LogP contribution in [0.25, 0.3) is 5.57 Å². The second kappa shape index (κ2) is 8.32. The summed E-state index contributed by atoms with van der Waals surface area (Å²) >= 11 is 12.1. The maximum atomic E-state index is 13.0. The summed E-state index contributed by atoms with van der Waals surface area (Å²) < 4.78 is 0. The number of aliphatic hydroxyl groups is 1. The smallest absolute Gasteiger partial charge is 0.289 e. The zero-order valence-electron chi connectivity index (χ0n) is 15.6. The Morgan fingerprint density at radius 2 is 1.41 bits per heavy atom. The van der Waals surface area contributed by atoms with Crippen LogP contribution in [0.3, 0.4) is 0 Å². The minimum absolute atomic E-state index is 0.222. The molecule has 1 aliphatic heterocycles. The summed E-state index contributed by atoms with van der Waals surface area (Å²) in [5, 5.41) is 12.0. The lowest BCUT2D eigenvalue weighted by atomic mass is 9.93. The van der Waals surface area contributed by atoms with Gasteiger partial charge < -0.3 is 10.0 Å². The van der Waals surface area contributed by atoms with E-state index in [0.717, 1.165) is 16.7 Å². The minimum Gasteiger partial charge on any atom is -0.503 e. The highest BCUT2D eigenvalue weighted by Crippen LogP contribution is 2.43. The van der Waals surface area contributed by atoms with E-state index in [1.807, 2.05) is 54.6 Å². The summed E-state index contributed by atoms with van der Waals surface area (Å²) in [5.74, 6) is -0.592. The minimum atomic E-state index is -0.398. The lowest BCUT2D eigenvalue weighted by Crippen LogP contribution is -2.32. The monoisotopic (exact) mass is 423 g/mol. The molecule has 0 aliphatic carbocycles. The molecule has 3 aromatic carbocycles. The molecule has 29 heavy (non-hydrogen) atoms. The van der Waals surface area contributed by atoms with Gasteiger partial charge in [0, 0.05) is 22.2 Å². The first-order valence-electron chi connectivity index (χ1n) is 9.34. The van der Waals surface area contributed by atoms with Crippen LogP contribution in [-0.2, 0) is 11.2 Å². The molecule has 5 heteroatoms. The van der Waals surface area contributed by atoms with Crippen molar-refractivity contribution in [2.45, 2.75) is 12.5 Å². The standard InChI is InChI=1S/C24H19Cl2NO2/c25-19-10-6-17(7-11-19)21-22(18-8-12-20(26)13-9-18)27(24(29)23(21)28)15-14-16-4-2-1-3-5-16/h1-13,22,28H,14-15H2/t22-/m0/s1. The Balaban J connectivity index is 1.73. The van der Waals surface area contributed by atoms with E-state index in [2.05, 4.69) is 0 Å². The third-order valence-electron chi connectivity index (χ3n) is 5.13. The molecule has 1 amide bonds. The van der Waals surface area contributed by atoms with Crippen LogP contribution in [0.5, 0.6) is 0 Å². The van der Waals surface area contributed by atoms with E-state index in [1.54, 1.807) is 29.2 Å². The Morgan fingerprint density at radius 3 is 2.03 bits per heavy atom. The summed E-state index contributed by atoms with van der Waals surface area (Å²) in [4.78, 5) is 14.7.